The number of anilines is 1. The number of carbonyl (C=O) groups excluding carboxylic acids is 1. The van der Waals surface area contributed by atoms with E-state index in [0.717, 1.165) is 0 Å². The van der Waals surface area contributed by atoms with Crippen molar-refractivity contribution in [3.63, 3.8) is 0 Å². The van der Waals surface area contributed by atoms with Crippen molar-refractivity contribution in [1.82, 2.24) is 0 Å². The van der Waals surface area contributed by atoms with E-state index in [1.54, 1.807) is 36.4 Å². The fourth-order valence-corrected chi connectivity index (χ4v) is 2.06. The highest BCUT2D eigenvalue weighted by Crippen LogP contribution is 2.30. The molecule has 2 aromatic carbocycles. The first-order valence-electron chi connectivity index (χ1n) is 5.37. The molecule has 2 aromatic rings. The molecule has 0 saturated carbocycles. The highest BCUT2D eigenvalue weighted by molar-refractivity contribution is 9.10. The minimum Gasteiger partial charge on any atom is -0.321 e. The lowest BCUT2D eigenvalue weighted by molar-refractivity contribution is 0.102. The van der Waals surface area contributed by atoms with Crippen molar-refractivity contribution in [3.05, 3.63) is 63.1 Å². The zero-order chi connectivity index (χ0) is 13.8. The Kier molecular flexibility index (Phi) is 4.20. The summed E-state index contributed by atoms with van der Waals surface area (Å²) in [6.07, 6.45) is 0. The molecule has 94 valence electrons. The average molecular weight is 336 g/mol. The molecule has 19 heavy (non-hydrogen) atoms. The van der Waals surface area contributed by atoms with Gasteiger partial charge in [-0.05, 0) is 46.3 Å². The van der Waals surface area contributed by atoms with Gasteiger partial charge in [0.1, 0.15) is 0 Å². The molecule has 0 heterocycles. The maximum atomic E-state index is 12.1. The van der Waals surface area contributed by atoms with Crippen LogP contribution in [0.2, 0.25) is 5.02 Å². The number of nitrogens with zero attached hydrogens (tertiary/aromatic N) is 1. The topological polar surface area (TPSA) is 52.9 Å². The Morgan fingerprint density at radius 1 is 1.26 bits per heavy atom. The number of nitrogens with one attached hydrogen (secondary N) is 1. The number of amides is 1. The van der Waals surface area contributed by atoms with Gasteiger partial charge in [0.2, 0.25) is 0 Å². The quantitative estimate of drug-likeness (QED) is 0.893. The van der Waals surface area contributed by atoms with Gasteiger partial charge in [-0.25, -0.2) is 0 Å². The molecular formula is C14H8BrClN2O. The molecule has 1 amide bonds. The largest absolute Gasteiger partial charge is 0.321 e. The van der Waals surface area contributed by atoms with E-state index in [4.69, 9.17) is 16.9 Å². The fraction of sp³-hybridized carbons (Fsp3) is 0. The van der Waals surface area contributed by atoms with E-state index < -0.39 is 0 Å². The Labute approximate surface area is 123 Å². The lowest BCUT2D eigenvalue weighted by atomic mass is 10.1. The van der Waals surface area contributed by atoms with Crippen molar-refractivity contribution < 1.29 is 4.79 Å². The van der Waals surface area contributed by atoms with Crippen molar-refractivity contribution in [3.8, 4) is 6.07 Å². The van der Waals surface area contributed by atoms with Gasteiger partial charge in [-0.3, -0.25) is 4.79 Å². The predicted molar refractivity (Wildman–Crippen MR) is 78.3 cm³/mol. The van der Waals surface area contributed by atoms with Gasteiger partial charge in [-0.1, -0.05) is 23.7 Å². The maximum absolute atomic E-state index is 12.1. The molecule has 0 unspecified atom stereocenters. The van der Waals surface area contributed by atoms with Gasteiger partial charge in [0.15, 0.2) is 0 Å². The van der Waals surface area contributed by atoms with Gasteiger partial charge < -0.3 is 5.32 Å². The fourth-order valence-electron chi connectivity index (χ4n) is 1.52. The third-order valence-electron chi connectivity index (χ3n) is 2.45. The normalized spacial score (nSPS) is 9.74. The van der Waals surface area contributed by atoms with Crippen LogP contribution in [0.4, 0.5) is 5.69 Å². The van der Waals surface area contributed by atoms with Gasteiger partial charge >= 0.3 is 0 Å². The zero-order valence-corrected chi connectivity index (χ0v) is 12.0. The van der Waals surface area contributed by atoms with E-state index in [1.807, 2.05) is 6.07 Å². The summed E-state index contributed by atoms with van der Waals surface area (Å²) in [7, 11) is 0. The van der Waals surface area contributed by atoms with Crippen molar-refractivity contribution in [1.29, 1.82) is 5.26 Å². The van der Waals surface area contributed by atoms with Gasteiger partial charge in [0.25, 0.3) is 5.91 Å². The van der Waals surface area contributed by atoms with E-state index in [9.17, 15) is 4.79 Å². The van der Waals surface area contributed by atoms with Gasteiger partial charge in [0, 0.05) is 5.56 Å². The molecule has 0 fully saturated rings. The lowest BCUT2D eigenvalue weighted by Gasteiger charge is -2.08. The van der Waals surface area contributed by atoms with Crippen LogP contribution in [0.25, 0.3) is 0 Å². The van der Waals surface area contributed by atoms with Crippen LogP contribution in [0.5, 0.6) is 0 Å². The van der Waals surface area contributed by atoms with Crippen molar-refractivity contribution >= 4 is 39.1 Å². The molecule has 0 aliphatic carbocycles. The Balaban J connectivity index is 2.26. The molecule has 0 aromatic heterocycles. The van der Waals surface area contributed by atoms with E-state index in [1.165, 1.54) is 6.07 Å². The maximum Gasteiger partial charge on any atom is 0.255 e. The minimum absolute atomic E-state index is 0.292. The van der Waals surface area contributed by atoms with E-state index in [0.29, 0.717) is 26.3 Å². The summed E-state index contributed by atoms with van der Waals surface area (Å²) in [5, 5.41) is 12.1. The molecule has 0 atom stereocenters. The minimum atomic E-state index is -0.292. The second-order valence-electron chi connectivity index (χ2n) is 3.75. The molecule has 0 saturated heterocycles. The molecule has 5 heteroatoms. The zero-order valence-electron chi connectivity index (χ0n) is 9.65. The lowest BCUT2D eigenvalue weighted by Crippen LogP contribution is -2.12. The molecular weight excluding hydrogens is 328 g/mol. The van der Waals surface area contributed by atoms with Crippen molar-refractivity contribution in [2.45, 2.75) is 0 Å². The SMILES string of the molecule is N#Cc1cccc(C(=O)Nc2cccc(Cl)c2Br)c1. The Morgan fingerprint density at radius 2 is 2.00 bits per heavy atom. The molecule has 3 nitrogen and oxygen atoms in total. The van der Waals surface area contributed by atoms with Crippen molar-refractivity contribution in [2.75, 3.05) is 5.32 Å². The molecule has 0 aliphatic rings. The van der Waals surface area contributed by atoms with Gasteiger partial charge in [0.05, 0.1) is 26.8 Å². The summed E-state index contributed by atoms with van der Waals surface area (Å²) in [5.74, 6) is -0.292. The number of rotatable bonds is 2. The van der Waals surface area contributed by atoms with Crippen LogP contribution in [0, 0.1) is 11.3 Å². The van der Waals surface area contributed by atoms with Gasteiger partial charge in [-0.2, -0.15) is 5.26 Å². The van der Waals surface area contributed by atoms with Crippen molar-refractivity contribution in [2.24, 2.45) is 0 Å². The number of hydrogen-bond donors (Lipinski definition) is 1. The van der Waals surface area contributed by atoms with Crippen LogP contribution in [0.1, 0.15) is 15.9 Å². The Morgan fingerprint density at radius 3 is 2.74 bits per heavy atom. The number of nitriles is 1. The van der Waals surface area contributed by atoms with Crippen LogP contribution in [-0.4, -0.2) is 5.91 Å². The monoisotopic (exact) mass is 334 g/mol. The number of halogens is 2. The molecule has 1 N–H and O–H groups in total. The van der Waals surface area contributed by atoms with Crippen LogP contribution in [0.3, 0.4) is 0 Å². The third-order valence-corrected chi connectivity index (χ3v) is 3.85. The summed E-state index contributed by atoms with van der Waals surface area (Å²) in [6, 6.07) is 13.7. The Bertz CT molecular complexity index is 679. The number of benzene rings is 2. The Hall–Kier alpha value is -1.83. The number of hydrogen-bond acceptors (Lipinski definition) is 2. The highest BCUT2D eigenvalue weighted by atomic mass is 79.9. The summed E-state index contributed by atoms with van der Waals surface area (Å²) in [6.45, 7) is 0. The number of carbonyl (C=O) groups is 1. The average Bonchev–Trinajstić information content (AvgIpc) is 2.44. The first-order chi connectivity index (χ1) is 9.11. The third kappa shape index (κ3) is 3.14. The van der Waals surface area contributed by atoms with Gasteiger partial charge in [-0.15, -0.1) is 0 Å². The first kappa shape index (κ1) is 13.6. The molecule has 0 radical (unpaired) electrons. The van der Waals surface area contributed by atoms with E-state index >= 15 is 0 Å². The summed E-state index contributed by atoms with van der Waals surface area (Å²) in [5.41, 5.74) is 1.45. The van der Waals surface area contributed by atoms with Crippen LogP contribution >= 0.6 is 27.5 Å². The highest BCUT2D eigenvalue weighted by Gasteiger charge is 2.10. The first-order valence-corrected chi connectivity index (χ1v) is 6.54. The summed E-state index contributed by atoms with van der Waals surface area (Å²) >= 11 is 9.26. The molecule has 0 aliphatic heterocycles. The predicted octanol–water partition coefficient (Wildman–Crippen LogP) is 4.23. The summed E-state index contributed by atoms with van der Waals surface area (Å²) in [4.78, 5) is 12.1. The van der Waals surface area contributed by atoms with Crippen LogP contribution < -0.4 is 5.32 Å². The summed E-state index contributed by atoms with van der Waals surface area (Å²) < 4.78 is 0.626. The van der Waals surface area contributed by atoms with Crippen LogP contribution in [0.15, 0.2) is 46.9 Å². The second-order valence-corrected chi connectivity index (χ2v) is 4.95. The van der Waals surface area contributed by atoms with Crippen LogP contribution in [-0.2, 0) is 0 Å². The molecule has 2 rings (SSSR count). The smallest absolute Gasteiger partial charge is 0.255 e. The van der Waals surface area contributed by atoms with E-state index in [2.05, 4.69) is 21.2 Å². The molecule has 0 bridgehead atoms. The second kappa shape index (κ2) is 5.87. The van der Waals surface area contributed by atoms with E-state index in [-0.39, 0.29) is 5.91 Å². The standard InChI is InChI=1S/C14H8BrClN2O/c15-13-11(16)5-2-6-12(13)18-14(19)10-4-1-3-9(7-10)8-17/h1-7H,(H,18,19). The molecule has 0 spiro atoms.